The number of amides is 4. The Hall–Kier alpha value is -1.39. The molecule has 0 atom stereocenters. The van der Waals surface area contributed by atoms with Gasteiger partial charge in [-0.3, -0.25) is 19.8 Å². The summed E-state index contributed by atoms with van der Waals surface area (Å²) in [6.45, 7) is 2.06. The van der Waals surface area contributed by atoms with Crippen LogP contribution in [0.5, 0.6) is 0 Å². The lowest BCUT2D eigenvalue weighted by molar-refractivity contribution is -0.153. The molecule has 0 unspecified atom stereocenters. The Labute approximate surface area is 94.2 Å². The third kappa shape index (κ3) is 1.42. The van der Waals surface area contributed by atoms with Crippen molar-refractivity contribution >= 4 is 17.8 Å². The van der Waals surface area contributed by atoms with E-state index in [1.54, 1.807) is 6.92 Å². The molecule has 1 aliphatic heterocycles. The van der Waals surface area contributed by atoms with E-state index < -0.39 is 17.4 Å². The first kappa shape index (κ1) is 11.1. The van der Waals surface area contributed by atoms with Gasteiger partial charge in [0.15, 0.2) is 0 Å². The molecule has 0 aromatic heterocycles. The molecule has 5 nitrogen and oxygen atoms in total. The molecule has 4 amide bonds. The third-order valence-corrected chi connectivity index (χ3v) is 3.58. The first-order valence-electron chi connectivity index (χ1n) is 5.79. The summed E-state index contributed by atoms with van der Waals surface area (Å²) in [5.74, 6) is -0.699. The Balaban J connectivity index is 2.32. The average Bonchev–Trinajstić information content (AvgIpc) is 2.29. The van der Waals surface area contributed by atoms with Gasteiger partial charge in [0, 0.05) is 6.54 Å². The summed E-state index contributed by atoms with van der Waals surface area (Å²) < 4.78 is 0. The van der Waals surface area contributed by atoms with Gasteiger partial charge in [0.1, 0.15) is 5.41 Å². The average molecular weight is 224 g/mol. The molecule has 1 saturated heterocycles. The van der Waals surface area contributed by atoms with Gasteiger partial charge in [-0.15, -0.1) is 0 Å². The highest BCUT2D eigenvalue weighted by molar-refractivity contribution is 6.19. The molecule has 1 heterocycles. The fraction of sp³-hybridized carbons (Fsp3) is 0.727. The van der Waals surface area contributed by atoms with Crippen molar-refractivity contribution in [2.45, 2.75) is 39.0 Å². The normalized spacial score (nSPS) is 24.8. The van der Waals surface area contributed by atoms with E-state index in [9.17, 15) is 14.4 Å². The van der Waals surface area contributed by atoms with Gasteiger partial charge in [-0.2, -0.15) is 0 Å². The highest BCUT2D eigenvalue weighted by atomic mass is 16.2. The van der Waals surface area contributed by atoms with Gasteiger partial charge in [-0.25, -0.2) is 4.79 Å². The number of urea groups is 1. The molecule has 1 spiro atoms. The largest absolute Gasteiger partial charge is 0.330 e. The first-order chi connectivity index (χ1) is 7.62. The van der Waals surface area contributed by atoms with E-state index in [-0.39, 0.29) is 5.91 Å². The number of hydrogen-bond acceptors (Lipinski definition) is 3. The minimum absolute atomic E-state index is 0.302. The van der Waals surface area contributed by atoms with Crippen LogP contribution in [0.4, 0.5) is 4.79 Å². The van der Waals surface area contributed by atoms with Crippen LogP contribution in [0.1, 0.15) is 39.0 Å². The van der Waals surface area contributed by atoms with Crippen molar-refractivity contribution in [3.8, 4) is 0 Å². The zero-order valence-corrected chi connectivity index (χ0v) is 9.41. The molecule has 0 bridgehead atoms. The first-order valence-corrected chi connectivity index (χ1v) is 5.79. The molecule has 5 heteroatoms. The predicted molar refractivity (Wildman–Crippen MR) is 56.4 cm³/mol. The van der Waals surface area contributed by atoms with Crippen molar-refractivity contribution < 1.29 is 14.4 Å². The topological polar surface area (TPSA) is 66.5 Å². The lowest BCUT2D eigenvalue weighted by Crippen LogP contribution is -2.64. The molecule has 2 rings (SSSR count). The Morgan fingerprint density at radius 3 is 2.38 bits per heavy atom. The van der Waals surface area contributed by atoms with Gasteiger partial charge in [0.05, 0.1) is 0 Å². The van der Waals surface area contributed by atoms with Crippen LogP contribution in [0.2, 0.25) is 0 Å². The second kappa shape index (κ2) is 3.88. The predicted octanol–water partition coefficient (Wildman–Crippen LogP) is 1.04. The molecular formula is C11H16N2O3. The molecule has 16 heavy (non-hydrogen) atoms. The van der Waals surface area contributed by atoms with E-state index in [1.807, 2.05) is 0 Å². The zero-order chi connectivity index (χ0) is 11.8. The van der Waals surface area contributed by atoms with Crippen molar-refractivity contribution in [1.82, 2.24) is 10.2 Å². The van der Waals surface area contributed by atoms with Gasteiger partial charge < -0.3 is 0 Å². The van der Waals surface area contributed by atoms with E-state index in [0.29, 0.717) is 19.4 Å². The molecule has 1 N–H and O–H groups in total. The molecule has 2 aliphatic rings. The van der Waals surface area contributed by atoms with Crippen molar-refractivity contribution in [2.75, 3.05) is 6.54 Å². The number of rotatable bonds is 1. The number of carbonyl (C=O) groups is 3. The molecule has 88 valence electrons. The highest BCUT2D eigenvalue weighted by Crippen LogP contribution is 2.39. The molecule has 2 fully saturated rings. The quantitative estimate of drug-likeness (QED) is 0.676. The smallest absolute Gasteiger partial charge is 0.277 e. The SMILES string of the molecule is CCN1C(=O)NC(=O)C2(CCCCC2)C1=O. The zero-order valence-electron chi connectivity index (χ0n) is 9.41. The van der Waals surface area contributed by atoms with Crippen LogP contribution in [-0.2, 0) is 9.59 Å². The minimum Gasteiger partial charge on any atom is -0.277 e. The van der Waals surface area contributed by atoms with Gasteiger partial charge in [-0.1, -0.05) is 19.3 Å². The number of nitrogens with zero attached hydrogens (tertiary/aromatic N) is 1. The van der Waals surface area contributed by atoms with Crippen LogP contribution in [0.15, 0.2) is 0 Å². The van der Waals surface area contributed by atoms with E-state index >= 15 is 0 Å². The number of hydrogen-bond donors (Lipinski definition) is 1. The van der Waals surface area contributed by atoms with Gasteiger partial charge in [0.2, 0.25) is 11.8 Å². The van der Waals surface area contributed by atoms with E-state index in [1.165, 1.54) is 0 Å². The highest BCUT2D eigenvalue weighted by Gasteiger charge is 2.53. The second-order valence-corrected chi connectivity index (χ2v) is 4.45. The Morgan fingerprint density at radius 2 is 1.81 bits per heavy atom. The summed E-state index contributed by atoms with van der Waals surface area (Å²) >= 11 is 0. The molecule has 0 aromatic carbocycles. The van der Waals surface area contributed by atoms with Gasteiger partial charge >= 0.3 is 6.03 Å². The van der Waals surface area contributed by atoms with Crippen LogP contribution in [0, 0.1) is 5.41 Å². The number of barbiturate groups is 1. The maximum absolute atomic E-state index is 12.2. The maximum Gasteiger partial charge on any atom is 0.330 e. The lowest BCUT2D eigenvalue weighted by Gasteiger charge is -2.40. The second-order valence-electron chi connectivity index (χ2n) is 4.45. The summed E-state index contributed by atoms with van der Waals surface area (Å²) in [7, 11) is 0. The van der Waals surface area contributed by atoms with Crippen molar-refractivity contribution in [2.24, 2.45) is 5.41 Å². The number of nitrogens with one attached hydrogen (secondary N) is 1. The van der Waals surface area contributed by atoms with E-state index in [2.05, 4.69) is 5.32 Å². The van der Waals surface area contributed by atoms with E-state index in [0.717, 1.165) is 24.2 Å². The minimum atomic E-state index is -0.956. The summed E-state index contributed by atoms with van der Waals surface area (Å²) in [6.07, 6.45) is 3.96. The van der Waals surface area contributed by atoms with Crippen LogP contribution in [-0.4, -0.2) is 29.3 Å². The molecule has 1 saturated carbocycles. The van der Waals surface area contributed by atoms with Crippen molar-refractivity contribution in [3.63, 3.8) is 0 Å². The molecule has 1 aliphatic carbocycles. The Morgan fingerprint density at radius 1 is 1.19 bits per heavy atom. The third-order valence-electron chi connectivity index (χ3n) is 3.58. The summed E-state index contributed by atoms with van der Waals surface area (Å²) in [5.41, 5.74) is -0.956. The van der Waals surface area contributed by atoms with Crippen LogP contribution < -0.4 is 5.32 Å². The lowest BCUT2D eigenvalue weighted by atomic mass is 9.71. The van der Waals surface area contributed by atoms with E-state index in [4.69, 9.17) is 0 Å². The fourth-order valence-electron chi connectivity index (χ4n) is 2.62. The van der Waals surface area contributed by atoms with Gasteiger partial charge in [-0.05, 0) is 19.8 Å². The summed E-state index contributed by atoms with van der Waals surface area (Å²) in [4.78, 5) is 36.7. The molecular weight excluding hydrogens is 208 g/mol. The van der Waals surface area contributed by atoms with Crippen molar-refractivity contribution in [1.29, 1.82) is 0 Å². The number of carbonyl (C=O) groups excluding carboxylic acids is 3. The summed E-state index contributed by atoms with van der Waals surface area (Å²) in [5, 5.41) is 2.30. The maximum atomic E-state index is 12.2. The van der Waals surface area contributed by atoms with Crippen LogP contribution >= 0.6 is 0 Å². The molecule has 0 aromatic rings. The molecule has 0 radical (unpaired) electrons. The van der Waals surface area contributed by atoms with Crippen molar-refractivity contribution in [3.05, 3.63) is 0 Å². The number of imide groups is 2. The summed E-state index contributed by atoms with van der Waals surface area (Å²) in [6, 6.07) is -0.575. The fourth-order valence-corrected chi connectivity index (χ4v) is 2.62. The van der Waals surface area contributed by atoms with Gasteiger partial charge in [0.25, 0.3) is 0 Å². The Kier molecular flexibility index (Phi) is 2.69. The standard InChI is InChI=1S/C11H16N2O3/c1-2-13-9(15)11(6-4-3-5-7-11)8(14)12-10(13)16/h2-7H2,1H3,(H,12,14,16). The van der Waals surface area contributed by atoms with Crippen LogP contribution in [0.3, 0.4) is 0 Å². The Bertz CT molecular complexity index is 345. The monoisotopic (exact) mass is 224 g/mol. The van der Waals surface area contributed by atoms with Crippen LogP contribution in [0.25, 0.3) is 0 Å².